The van der Waals surface area contributed by atoms with Crippen molar-refractivity contribution in [3.63, 3.8) is 0 Å². The van der Waals surface area contributed by atoms with E-state index in [0.29, 0.717) is 6.42 Å². The van der Waals surface area contributed by atoms with E-state index in [1.54, 1.807) is 0 Å². The van der Waals surface area contributed by atoms with Gasteiger partial charge in [-0.1, -0.05) is 0 Å². The summed E-state index contributed by atoms with van der Waals surface area (Å²) in [6.45, 7) is 0.725. The molecule has 2 fully saturated rings. The lowest BCUT2D eigenvalue weighted by molar-refractivity contribution is -0.127. The summed E-state index contributed by atoms with van der Waals surface area (Å²) in [7, 11) is 0. The largest absolute Gasteiger partial charge is 0.377 e. The Labute approximate surface area is 70.3 Å². The Bertz CT molecular complexity index is 220. The maximum absolute atomic E-state index is 11.2. The van der Waals surface area contributed by atoms with E-state index in [9.17, 15) is 9.59 Å². The van der Waals surface area contributed by atoms with Crippen molar-refractivity contribution in [3.05, 3.63) is 0 Å². The molecule has 4 nitrogen and oxygen atoms in total. The van der Waals surface area contributed by atoms with Crippen molar-refractivity contribution < 1.29 is 14.3 Å². The molecule has 12 heavy (non-hydrogen) atoms. The molecule has 2 heterocycles. The number of hydrogen-bond donors (Lipinski definition) is 1. The Kier molecular flexibility index (Phi) is 1.84. The van der Waals surface area contributed by atoms with Gasteiger partial charge in [0.1, 0.15) is 0 Å². The Hall–Kier alpha value is -0.900. The first-order chi connectivity index (χ1) is 5.77. The van der Waals surface area contributed by atoms with Gasteiger partial charge in [0.2, 0.25) is 11.8 Å². The highest BCUT2D eigenvalue weighted by Crippen LogP contribution is 2.25. The molecule has 0 aromatic carbocycles. The summed E-state index contributed by atoms with van der Waals surface area (Å²) in [6, 6.07) is 0. The van der Waals surface area contributed by atoms with Gasteiger partial charge in [-0.25, -0.2) is 0 Å². The summed E-state index contributed by atoms with van der Waals surface area (Å²) in [4.78, 5) is 22.0. The van der Waals surface area contributed by atoms with Crippen molar-refractivity contribution in [2.75, 3.05) is 6.61 Å². The molecule has 0 saturated carbocycles. The lowest BCUT2D eigenvalue weighted by Gasteiger charge is -2.12. The zero-order valence-corrected chi connectivity index (χ0v) is 6.71. The van der Waals surface area contributed by atoms with Crippen molar-refractivity contribution >= 4 is 11.8 Å². The minimum absolute atomic E-state index is 0.0172. The van der Waals surface area contributed by atoms with Gasteiger partial charge in [-0.3, -0.25) is 14.9 Å². The minimum atomic E-state index is -0.222. The molecule has 0 spiro atoms. The van der Waals surface area contributed by atoms with Gasteiger partial charge in [0.15, 0.2) is 0 Å². The number of carbonyl (C=O) groups excluding carboxylic acids is 2. The van der Waals surface area contributed by atoms with Crippen molar-refractivity contribution in [2.45, 2.75) is 25.4 Å². The predicted octanol–water partition coefficient (Wildman–Crippen LogP) is -0.172. The van der Waals surface area contributed by atoms with Crippen LogP contribution in [0.4, 0.5) is 0 Å². The van der Waals surface area contributed by atoms with Crippen LogP contribution >= 0.6 is 0 Å². The zero-order chi connectivity index (χ0) is 8.55. The Morgan fingerprint density at radius 2 is 2.25 bits per heavy atom. The first-order valence-electron chi connectivity index (χ1n) is 4.22. The third-order valence-corrected chi connectivity index (χ3v) is 2.42. The highest BCUT2D eigenvalue weighted by Gasteiger charge is 2.38. The molecule has 0 bridgehead atoms. The molecule has 0 aromatic heterocycles. The topological polar surface area (TPSA) is 55.4 Å². The van der Waals surface area contributed by atoms with Crippen molar-refractivity contribution in [1.82, 2.24) is 5.32 Å². The molecule has 2 rings (SSSR count). The normalized spacial score (nSPS) is 35.7. The van der Waals surface area contributed by atoms with Crippen LogP contribution in [0.3, 0.4) is 0 Å². The van der Waals surface area contributed by atoms with E-state index >= 15 is 0 Å². The fourth-order valence-corrected chi connectivity index (χ4v) is 1.79. The second kappa shape index (κ2) is 2.86. The van der Waals surface area contributed by atoms with Crippen LogP contribution in [0.15, 0.2) is 0 Å². The van der Waals surface area contributed by atoms with Gasteiger partial charge >= 0.3 is 0 Å². The average Bonchev–Trinajstić information content (AvgIpc) is 2.58. The van der Waals surface area contributed by atoms with Crippen LogP contribution in [-0.2, 0) is 14.3 Å². The van der Waals surface area contributed by atoms with E-state index in [-0.39, 0.29) is 23.8 Å². The molecule has 2 amide bonds. The smallest absolute Gasteiger partial charge is 0.232 e. The average molecular weight is 169 g/mol. The lowest BCUT2D eigenvalue weighted by Crippen LogP contribution is -2.28. The third kappa shape index (κ3) is 1.22. The van der Waals surface area contributed by atoms with Gasteiger partial charge in [0, 0.05) is 13.0 Å². The highest BCUT2D eigenvalue weighted by atomic mass is 16.5. The summed E-state index contributed by atoms with van der Waals surface area (Å²) in [5, 5.41) is 2.29. The molecule has 0 radical (unpaired) electrons. The Morgan fingerprint density at radius 3 is 2.75 bits per heavy atom. The van der Waals surface area contributed by atoms with Crippen LogP contribution in [0, 0.1) is 5.92 Å². The van der Waals surface area contributed by atoms with E-state index in [2.05, 4.69) is 5.32 Å². The zero-order valence-electron chi connectivity index (χ0n) is 6.71. The van der Waals surface area contributed by atoms with Crippen molar-refractivity contribution in [3.8, 4) is 0 Å². The summed E-state index contributed by atoms with van der Waals surface area (Å²) in [5.41, 5.74) is 0. The molecule has 66 valence electrons. The van der Waals surface area contributed by atoms with Gasteiger partial charge in [-0.2, -0.15) is 0 Å². The van der Waals surface area contributed by atoms with Crippen LogP contribution in [0.2, 0.25) is 0 Å². The second-order valence-electron chi connectivity index (χ2n) is 3.27. The van der Waals surface area contributed by atoms with E-state index < -0.39 is 0 Å². The van der Waals surface area contributed by atoms with E-state index in [1.807, 2.05) is 0 Å². The fraction of sp³-hybridized carbons (Fsp3) is 0.750. The molecule has 2 saturated heterocycles. The third-order valence-electron chi connectivity index (χ3n) is 2.42. The monoisotopic (exact) mass is 169 g/mol. The summed E-state index contributed by atoms with van der Waals surface area (Å²) < 4.78 is 5.34. The van der Waals surface area contributed by atoms with E-state index in [0.717, 1.165) is 19.4 Å². The number of ether oxygens (including phenoxy) is 1. The standard InChI is InChI=1S/C8H11NO3/c10-7-4-5(8(11)9-7)6-2-1-3-12-6/h5-6H,1-4H2,(H,9,10,11). The van der Waals surface area contributed by atoms with Gasteiger partial charge in [-0.15, -0.1) is 0 Å². The predicted molar refractivity (Wildman–Crippen MR) is 40.2 cm³/mol. The Balaban J connectivity index is 2.03. The molecule has 2 aliphatic heterocycles. The number of amides is 2. The van der Waals surface area contributed by atoms with E-state index in [1.165, 1.54) is 0 Å². The number of hydrogen-bond acceptors (Lipinski definition) is 3. The Morgan fingerprint density at radius 1 is 1.42 bits per heavy atom. The van der Waals surface area contributed by atoms with Crippen LogP contribution in [-0.4, -0.2) is 24.5 Å². The maximum atomic E-state index is 11.2. The van der Waals surface area contributed by atoms with Gasteiger partial charge < -0.3 is 4.74 Å². The first-order valence-corrected chi connectivity index (χ1v) is 4.22. The first kappa shape index (κ1) is 7.73. The quantitative estimate of drug-likeness (QED) is 0.554. The SMILES string of the molecule is O=C1CC(C2CCCO2)C(=O)N1. The molecule has 1 N–H and O–H groups in total. The number of imide groups is 1. The summed E-state index contributed by atoms with van der Waals surface area (Å²) in [6.07, 6.45) is 2.20. The molecule has 2 aliphatic rings. The summed E-state index contributed by atoms with van der Waals surface area (Å²) >= 11 is 0. The molecular formula is C8H11NO3. The maximum Gasteiger partial charge on any atom is 0.232 e. The number of nitrogens with one attached hydrogen (secondary N) is 1. The second-order valence-corrected chi connectivity index (χ2v) is 3.27. The van der Waals surface area contributed by atoms with Gasteiger partial charge in [0.25, 0.3) is 0 Å². The molecule has 4 heteroatoms. The van der Waals surface area contributed by atoms with Gasteiger partial charge in [0.05, 0.1) is 12.0 Å². The van der Waals surface area contributed by atoms with Crippen LogP contribution in [0.25, 0.3) is 0 Å². The van der Waals surface area contributed by atoms with Crippen LogP contribution < -0.4 is 5.32 Å². The molecule has 0 aliphatic carbocycles. The van der Waals surface area contributed by atoms with Crippen LogP contribution in [0.5, 0.6) is 0 Å². The number of rotatable bonds is 1. The fourth-order valence-electron chi connectivity index (χ4n) is 1.79. The number of carbonyl (C=O) groups is 2. The van der Waals surface area contributed by atoms with Crippen LogP contribution in [0.1, 0.15) is 19.3 Å². The minimum Gasteiger partial charge on any atom is -0.377 e. The van der Waals surface area contributed by atoms with Crippen molar-refractivity contribution in [1.29, 1.82) is 0 Å². The molecular weight excluding hydrogens is 158 g/mol. The highest BCUT2D eigenvalue weighted by molar-refractivity contribution is 6.03. The van der Waals surface area contributed by atoms with Crippen molar-refractivity contribution in [2.24, 2.45) is 5.92 Å². The molecule has 2 unspecified atom stereocenters. The lowest BCUT2D eigenvalue weighted by atomic mass is 9.98. The summed E-state index contributed by atoms with van der Waals surface area (Å²) in [5.74, 6) is -0.549. The van der Waals surface area contributed by atoms with Gasteiger partial charge in [-0.05, 0) is 12.8 Å². The molecule has 0 aromatic rings. The van der Waals surface area contributed by atoms with E-state index in [4.69, 9.17) is 4.74 Å². The molecule has 2 atom stereocenters.